The smallest absolute Gasteiger partial charge is 0.354 e. The maximum atomic E-state index is 12.5. The van der Waals surface area contributed by atoms with Crippen molar-refractivity contribution in [3.05, 3.63) is 70.8 Å². The highest BCUT2D eigenvalue weighted by Crippen LogP contribution is 2.19. The predicted octanol–water partition coefficient (Wildman–Crippen LogP) is 4.46. The molecule has 0 aliphatic carbocycles. The number of carbonyl (C=O) groups excluding carboxylic acids is 2. The Balaban J connectivity index is 2.13. The zero-order chi connectivity index (χ0) is 23.3. The number of esters is 2. The van der Waals surface area contributed by atoms with Gasteiger partial charge in [0.2, 0.25) is 0 Å². The van der Waals surface area contributed by atoms with Gasteiger partial charge in [-0.2, -0.15) is 10.5 Å². The summed E-state index contributed by atoms with van der Waals surface area (Å²) < 4.78 is 15.4. The molecule has 0 spiro atoms. The molecular weight excluding hydrogens is 408 g/mol. The van der Waals surface area contributed by atoms with Crippen molar-refractivity contribution in [3.63, 3.8) is 0 Å². The number of hydrogen-bond donors (Lipinski definition) is 0. The van der Waals surface area contributed by atoms with Crippen molar-refractivity contribution in [3.8, 4) is 23.6 Å². The summed E-state index contributed by atoms with van der Waals surface area (Å²) in [4.78, 5) is 24.0. The Morgan fingerprint density at radius 1 is 0.906 bits per heavy atom. The number of nitriles is 2. The molecule has 32 heavy (non-hydrogen) atoms. The van der Waals surface area contributed by atoms with Gasteiger partial charge in [-0.25, -0.2) is 9.59 Å². The predicted molar refractivity (Wildman–Crippen MR) is 118 cm³/mol. The standard InChI is InChI=1S/C25H22N2O5/c1-3-4-12-31-22-10-8-18(9-11-22)13-21(17-27)25(29)32-23-7-5-6-19(15-23)14-20(16-26)24(28)30-2/h5-11,13-15H,3-4,12H2,1-2H3. The third-order valence-corrected chi connectivity index (χ3v) is 4.20. The number of benzene rings is 2. The molecule has 0 unspecified atom stereocenters. The van der Waals surface area contributed by atoms with Crippen molar-refractivity contribution >= 4 is 24.1 Å². The third kappa shape index (κ3) is 7.16. The molecule has 0 atom stereocenters. The van der Waals surface area contributed by atoms with E-state index in [4.69, 9.17) is 14.7 Å². The van der Waals surface area contributed by atoms with Crippen molar-refractivity contribution in [1.29, 1.82) is 10.5 Å². The van der Waals surface area contributed by atoms with Gasteiger partial charge in [-0.3, -0.25) is 0 Å². The van der Waals surface area contributed by atoms with E-state index in [2.05, 4.69) is 11.7 Å². The first kappa shape index (κ1) is 23.9. The SMILES string of the molecule is CCCCOc1ccc(C=C(C#N)C(=O)Oc2cccc(C=C(C#N)C(=O)OC)c2)cc1. The van der Waals surface area contributed by atoms with Gasteiger partial charge >= 0.3 is 11.9 Å². The van der Waals surface area contributed by atoms with Crippen LogP contribution in [0.4, 0.5) is 0 Å². The van der Waals surface area contributed by atoms with E-state index in [9.17, 15) is 14.9 Å². The van der Waals surface area contributed by atoms with Crippen LogP contribution >= 0.6 is 0 Å². The molecule has 0 aliphatic rings. The van der Waals surface area contributed by atoms with Crippen LogP contribution in [0, 0.1) is 22.7 Å². The molecule has 2 rings (SSSR count). The van der Waals surface area contributed by atoms with Crippen LogP contribution in [0.1, 0.15) is 30.9 Å². The van der Waals surface area contributed by atoms with E-state index in [0.717, 1.165) is 12.8 Å². The van der Waals surface area contributed by atoms with Crippen LogP contribution in [0.5, 0.6) is 11.5 Å². The lowest BCUT2D eigenvalue weighted by molar-refractivity contribution is -0.135. The fourth-order valence-electron chi connectivity index (χ4n) is 2.54. The normalized spacial score (nSPS) is 11.1. The Bertz CT molecular complexity index is 1100. The summed E-state index contributed by atoms with van der Waals surface area (Å²) in [5.74, 6) is -0.728. The van der Waals surface area contributed by atoms with E-state index < -0.39 is 11.9 Å². The van der Waals surface area contributed by atoms with Crippen LogP contribution in [0.15, 0.2) is 59.7 Å². The van der Waals surface area contributed by atoms with Crippen LogP contribution in [0.25, 0.3) is 12.2 Å². The molecule has 2 aromatic carbocycles. The maximum absolute atomic E-state index is 12.5. The Kier molecular flexibility index (Phi) is 9.24. The van der Waals surface area contributed by atoms with Crippen LogP contribution in [0.2, 0.25) is 0 Å². The monoisotopic (exact) mass is 430 g/mol. The second kappa shape index (κ2) is 12.4. The van der Waals surface area contributed by atoms with Crippen molar-refractivity contribution < 1.29 is 23.8 Å². The average molecular weight is 430 g/mol. The minimum absolute atomic E-state index is 0.159. The topological polar surface area (TPSA) is 109 Å². The molecule has 7 nitrogen and oxygen atoms in total. The molecule has 0 radical (unpaired) electrons. The second-order valence-corrected chi connectivity index (χ2v) is 6.56. The van der Waals surface area contributed by atoms with Crippen molar-refractivity contribution in [1.82, 2.24) is 0 Å². The summed E-state index contributed by atoms with van der Waals surface area (Å²) in [5.41, 5.74) is 0.724. The number of rotatable bonds is 9. The first-order chi connectivity index (χ1) is 15.5. The van der Waals surface area contributed by atoms with E-state index in [1.807, 2.05) is 6.07 Å². The molecule has 0 bridgehead atoms. The van der Waals surface area contributed by atoms with Gasteiger partial charge in [-0.1, -0.05) is 37.6 Å². The molecular formula is C25H22N2O5. The lowest BCUT2D eigenvalue weighted by atomic mass is 10.1. The van der Waals surface area contributed by atoms with Crippen molar-refractivity contribution in [2.75, 3.05) is 13.7 Å². The van der Waals surface area contributed by atoms with Gasteiger partial charge in [0.25, 0.3) is 0 Å². The Hall–Kier alpha value is -4.36. The Labute approximate surface area is 186 Å². The number of ether oxygens (including phenoxy) is 3. The summed E-state index contributed by atoms with van der Waals surface area (Å²) in [6, 6.07) is 16.8. The van der Waals surface area contributed by atoms with E-state index >= 15 is 0 Å². The highest BCUT2D eigenvalue weighted by atomic mass is 16.5. The molecule has 0 aliphatic heterocycles. The first-order valence-corrected chi connectivity index (χ1v) is 9.87. The van der Waals surface area contributed by atoms with Gasteiger partial charge in [0.05, 0.1) is 13.7 Å². The zero-order valence-corrected chi connectivity index (χ0v) is 17.8. The van der Waals surface area contributed by atoms with Gasteiger partial charge in [-0.15, -0.1) is 0 Å². The maximum Gasteiger partial charge on any atom is 0.354 e. The highest BCUT2D eigenvalue weighted by molar-refractivity contribution is 5.99. The average Bonchev–Trinajstić information content (AvgIpc) is 2.81. The lowest BCUT2D eigenvalue weighted by Crippen LogP contribution is -2.10. The molecule has 0 amide bonds. The Morgan fingerprint density at radius 2 is 1.56 bits per heavy atom. The van der Waals surface area contributed by atoms with Gasteiger partial charge in [-0.05, 0) is 54.0 Å². The van der Waals surface area contributed by atoms with Gasteiger partial charge in [0, 0.05) is 0 Å². The van der Waals surface area contributed by atoms with Crippen LogP contribution in [-0.2, 0) is 14.3 Å². The number of methoxy groups -OCH3 is 1. The molecule has 2 aromatic rings. The van der Waals surface area contributed by atoms with Crippen LogP contribution < -0.4 is 9.47 Å². The summed E-state index contributed by atoms with van der Waals surface area (Å²) >= 11 is 0. The van der Waals surface area contributed by atoms with Crippen molar-refractivity contribution in [2.45, 2.75) is 19.8 Å². The van der Waals surface area contributed by atoms with Gasteiger partial charge in [0.15, 0.2) is 0 Å². The summed E-state index contributed by atoms with van der Waals surface area (Å²) in [6.07, 6.45) is 4.74. The largest absolute Gasteiger partial charge is 0.494 e. The summed E-state index contributed by atoms with van der Waals surface area (Å²) in [7, 11) is 1.18. The molecule has 0 N–H and O–H groups in total. The highest BCUT2D eigenvalue weighted by Gasteiger charge is 2.13. The lowest BCUT2D eigenvalue weighted by Gasteiger charge is -2.06. The van der Waals surface area contributed by atoms with E-state index in [1.54, 1.807) is 42.5 Å². The third-order valence-electron chi connectivity index (χ3n) is 4.20. The zero-order valence-electron chi connectivity index (χ0n) is 17.8. The molecule has 0 heterocycles. The van der Waals surface area contributed by atoms with Gasteiger partial charge in [0.1, 0.15) is 34.8 Å². The first-order valence-electron chi connectivity index (χ1n) is 9.87. The molecule has 0 fully saturated rings. The van der Waals surface area contributed by atoms with E-state index in [-0.39, 0.29) is 16.9 Å². The molecule has 0 saturated heterocycles. The fourth-order valence-corrected chi connectivity index (χ4v) is 2.54. The summed E-state index contributed by atoms with van der Waals surface area (Å²) in [5, 5.41) is 18.5. The van der Waals surface area contributed by atoms with Gasteiger partial charge < -0.3 is 14.2 Å². The molecule has 162 valence electrons. The quantitative estimate of drug-likeness (QED) is 0.190. The molecule has 7 heteroatoms. The second-order valence-electron chi connectivity index (χ2n) is 6.56. The van der Waals surface area contributed by atoms with Crippen LogP contribution in [-0.4, -0.2) is 25.7 Å². The van der Waals surface area contributed by atoms with E-state index in [1.165, 1.54) is 31.4 Å². The summed E-state index contributed by atoms with van der Waals surface area (Å²) in [6.45, 7) is 2.71. The molecule has 0 aromatic heterocycles. The van der Waals surface area contributed by atoms with Crippen molar-refractivity contribution in [2.24, 2.45) is 0 Å². The minimum atomic E-state index is -0.828. The Morgan fingerprint density at radius 3 is 2.19 bits per heavy atom. The van der Waals surface area contributed by atoms with Crippen LogP contribution in [0.3, 0.4) is 0 Å². The molecule has 0 saturated carbocycles. The minimum Gasteiger partial charge on any atom is -0.494 e. The number of nitrogens with zero attached hydrogens (tertiary/aromatic N) is 2. The van der Waals surface area contributed by atoms with E-state index in [0.29, 0.717) is 23.5 Å². The number of hydrogen-bond acceptors (Lipinski definition) is 7. The number of carbonyl (C=O) groups is 2. The number of unbranched alkanes of at least 4 members (excludes halogenated alkanes) is 1. The fraction of sp³-hybridized carbons (Fsp3) is 0.200.